The molecule has 1 aromatic heterocycles. The van der Waals surface area contributed by atoms with E-state index in [2.05, 4.69) is 24.5 Å². The number of rotatable bonds is 6. The largest absolute Gasteiger partial charge is 0.454 e. The van der Waals surface area contributed by atoms with Crippen molar-refractivity contribution in [3.05, 3.63) is 65.0 Å². The van der Waals surface area contributed by atoms with E-state index in [0.717, 1.165) is 5.56 Å². The Balaban J connectivity index is 1.58. The van der Waals surface area contributed by atoms with Crippen LogP contribution in [-0.4, -0.2) is 22.9 Å². The summed E-state index contributed by atoms with van der Waals surface area (Å²) in [4.78, 5) is 23.7. The van der Waals surface area contributed by atoms with Crippen LogP contribution in [0, 0.1) is 13.8 Å². The maximum Gasteiger partial charge on any atom is 0.331 e. The lowest BCUT2D eigenvalue weighted by atomic mass is 10.1. The summed E-state index contributed by atoms with van der Waals surface area (Å²) >= 11 is 0. The second kappa shape index (κ2) is 6.87. The van der Waals surface area contributed by atoms with Gasteiger partial charge in [-0.25, -0.2) is 4.79 Å². The zero-order chi connectivity index (χ0) is 17.1. The minimum absolute atomic E-state index is 0.204. The van der Waals surface area contributed by atoms with Gasteiger partial charge in [-0.05, 0) is 44.4 Å². The van der Waals surface area contributed by atoms with Crippen LogP contribution in [0.1, 0.15) is 46.2 Å². The van der Waals surface area contributed by atoms with Gasteiger partial charge in [0, 0.05) is 29.1 Å². The van der Waals surface area contributed by atoms with Gasteiger partial charge < -0.3 is 9.30 Å². The molecule has 4 nitrogen and oxygen atoms in total. The van der Waals surface area contributed by atoms with E-state index in [9.17, 15) is 9.59 Å². The Morgan fingerprint density at radius 1 is 1.21 bits per heavy atom. The van der Waals surface area contributed by atoms with Gasteiger partial charge >= 0.3 is 5.97 Å². The molecule has 0 amide bonds. The Morgan fingerprint density at radius 2 is 1.92 bits per heavy atom. The van der Waals surface area contributed by atoms with Crippen LogP contribution >= 0.6 is 0 Å². The summed E-state index contributed by atoms with van der Waals surface area (Å²) < 4.78 is 7.36. The number of carbonyl (C=O) groups is 2. The number of Topliss-reactive ketones (excluding diaryl/α,β-unsaturated/α-hetero) is 1. The molecule has 0 saturated heterocycles. The third kappa shape index (κ3) is 3.65. The molecule has 1 fully saturated rings. The molecule has 0 radical (unpaired) electrons. The number of ether oxygens (including phenoxy) is 1. The van der Waals surface area contributed by atoms with Gasteiger partial charge in [-0.3, -0.25) is 4.79 Å². The minimum Gasteiger partial charge on any atom is -0.454 e. The number of ketones is 1. The second-order valence-electron chi connectivity index (χ2n) is 6.16. The Hall–Kier alpha value is -2.62. The van der Waals surface area contributed by atoms with Crippen LogP contribution in [0.2, 0.25) is 0 Å². The number of benzene rings is 1. The van der Waals surface area contributed by atoms with Crippen LogP contribution in [0.4, 0.5) is 0 Å². The first-order valence-corrected chi connectivity index (χ1v) is 8.18. The maximum atomic E-state index is 11.9. The predicted molar refractivity (Wildman–Crippen MR) is 92.9 cm³/mol. The number of carbonyl (C=O) groups excluding carboxylic acids is 2. The monoisotopic (exact) mass is 323 g/mol. The molecule has 124 valence electrons. The van der Waals surface area contributed by atoms with E-state index < -0.39 is 5.97 Å². The van der Waals surface area contributed by atoms with E-state index in [-0.39, 0.29) is 12.4 Å². The summed E-state index contributed by atoms with van der Waals surface area (Å²) in [5.41, 5.74) is 3.94. The van der Waals surface area contributed by atoms with Crippen molar-refractivity contribution in [2.45, 2.75) is 32.7 Å². The number of aryl methyl sites for hydroxylation is 1. The highest BCUT2D eigenvalue weighted by Gasteiger charge is 2.26. The molecule has 0 aliphatic heterocycles. The lowest BCUT2D eigenvalue weighted by Gasteiger charge is -2.06. The van der Waals surface area contributed by atoms with Gasteiger partial charge in [0.25, 0.3) is 0 Å². The molecule has 24 heavy (non-hydrogen) atoms. The fourth-order valence-corrected chi connectivity index (χ4v) is 2.92. The van der Waals surface area contributed by atoms with E-state index in [1.165, 1.54) is 30.3 Å². The van der Waals surface area contributed by atoms with Crippen molar-refractivity contribution in [3.63, 3.8) is 0 Å². The Labute approximate surface area is 141 Å². The molecule has 1 aliphatic carbocycles. The first-order valence-electron chi connectivity index (χ1n) is 8.18. The summed E-state index contributed by atoms with van der Waals surface area (Å²) in [5, 5.41) is 0. The third-order valence-corrected chi connectivity index (χ3v) is 4.28. The van der Waals surface area contributed by atoms with Crippen LogP contribution in [0.5, 0.6) is 0 Å². The summed E-state index contributed by atoms with van der Waals surface area (Å²) in [6.07, 6.45) is 5.60. The van der Waals surface area contributed by atoms with Crippen molar-refractivity contribution in [1.82, 2.24) is 4.57 Å². The second-order valence-corrected chi connectivity index (χ2v) is 6.16. The summed E-state index contributed by atoms with van der Waals surface area (Å²) in [7, 11) is 0. The first kappa shape index (κ1) is 16.2. The third-order valence-electron chi connectivity index (χ3n) is 4.28. The standard InChI is InChI=1S/C20H21NO3/c1-14-12-17(15(2)21(14)18-9-10-18)8-11-20(23)24-13-19(22)16-6-4-3-5-7-16/h3-8,11-12,18H,9-10,13H2,1-2H3/b11-8+. The lowest BCUT2D eigenvalue weighted by molar-refractivity contribution is -0.136. The van der Waals surface area contributed by atoms with Gasteiger partial charge in [0.15, 0.2) is 12.4 Å². The molecule has 1 saturated carbocycles. The molecule has 2 aromatic rings. The van der Waals surface area contributed by atoms with Crippen molar-refractivity contribution >= 4 is 17.8 Å². The predicted octanol–water partition coefficient (Wildman–Crippen LogP) is 3.88. The fourth-order valence-electron chi connectivity index (χ4n) is 2.92. The summed E-state index contributed by atoms with van der Waals surface area (Å²) in [5.74, 6) is -0.709. The van der Waals surface area contributed by atoms with E-state index in [0.29, 0.717) is 11.6 Å². The number of nitrogens with zero attached hydrogens (tertiary/aromatic N) is 1. The number of aromatic nitrogens is 1. The van der Waals surface area contributed by atoms with E-state index in [1.54, 1.807) is 30.3 Å². The highest BCUT2D eigenvalue weighted by Crippen LogP contribution is 2.38. The lowest BCUT2D eigenvalue weighted by Crippen LogP contribution is -2.12. The molecule has 0 atom stereocenters. The molecule has 3 rings (SSSR count). The molecule has 1 aliphatic rings. The van der Waals surface area contributed by atoms with Crippen molar-refractivity contribution in [2.75, 3.05) is 6.61 Å². The van der Waals surface area contributed by atoms with Gasteiger partial charge in [0.2, 0.25) is 0 Å². The topological polar surface area (TPSA) is 48.3 Å². The highest BCUT2D eigenvalue weighted by atomic mass is 16.5. The molecule has 0 spiro atoms. The van der Waals surface area contributed by atoms with Crippen LogP contribution in [0.25, 0.3) is 6.08 Å². The molecule has 0 unspecified atom stereocenters. The summed E-state index contributed by atoms with van der Waals surface area (Å²) in [6, 6.07) is 11.5. The molecular weight excluding hydrogens is 302 g/mol. The average Bonchev–Trinajstić information content (AvgIpc) is 3.37. The zero-order valence-corrected chi connectivity index (χ0v) is 14.0. The van der Waals surface area contributed by atoms with Crippen LogP contribution in [-0.2, 0) is 9.53 Å². The smallest absolute Gasteiger partial charge is 0.331 e. The van der Waals surface area contributed by atoms with Gasteiger partial charge in [-0.15, -0.1) is 0 Å². The quantitative estimate of drug-likeness (QED) is 0.460. The average molecular weight is 323 g/mol. The molecule has 1 heterocycles. The van der Waals surface area contributed by atoms with Crippen LogP contribution < -0.4 is 0 Å². The molecule has 1 aromatic carbocycles. The maximum absolute atomic E-state index is 11.9. The number of hydrogen-bond acceptors (Lipinski definition) is 3. The van der Waals surface area contributed by atoms with Gasteiger partial charge in [-0.1, -0.05) is 30.3 Å². The van der Waals surface area contributed by atoms with E-state index >= 15 is 0 Å². The minimum atomic E-state index is -0.504. The Bertz CT molecular complexity index is 783. The highest BCUT2D eigenvalue weighted by molar-refractivity contribution is 5.98. The fraction of sp³-hybridized carbons (Fsp3) is 0.300. The van der Waals surface area contributed by atoms with Crippen LogP contribution in [0.3, 0.4) is 0 Å². The van der Waals surface area contributed by atoms with Crippen molar-refractivity contribution < 1.29 is 14.3 Å². The first-order chi connectivity index (χ1) is 11.6. The number of esters is 1. The van der Waals surface area contributed by atoms with E-state index in [1.807, 2.05) is 6.07 Å². The van der Waals surface area contributed by atoms with Crippen molar-refractivity contribution in [2.24, 2.45) is 0 Å². The molecule has 0 bridgehead atoms. The van der Waals surface area contributed by atoms with Crippen molar-refractivity contribution in [1.29, 1.82) is 0 Å². The Morgan fingerprint density at radius 3 is 2.58 bits per heavy atom. The van der Waals surface area contributed by atoms with E-state index in [4.69, 9.17) is 4.74 Å². The summed E-state index contributed by atoms with van der Waals surface area (Å²) in [6.45, 7) is 3.91. The normalized spacial score (nSPS) is 14.1. The van der Waals surface area contributed by atoms with Gasteiger partial charge in [0.1, 0.15) is 0 Å². The van der Waals surface area contributed by atoms with Crippen LogP contribution in [0.15, 0.2) is 42.5 Å². The zero-order valence-electron chi connectivity index (χ0n) is 14.0. The number of hydrogen-bond donors (Lipinski definition) is 0. The van der Waals surface area contributed by atoms with Gasteiger partial charge in [0.05, 0.1) is 0 Å². The molecular formula is C20H21NO3. The molecule has 0 N–H and O–H groups in total. The SMILES string of the molecule is Cc1cc(/C=C/C(=O)OCC(=O)c2ccccc2)c(C)n1C1CC1. The Kier molecular flexibility index (Phi) is 4.65. The van der Waals surface area contributed by atoms with Gasteiger partial charge in [-0.2, -0.15) is 0 Å². The molecule has 4 heteroatoms. The van der Waals surface area contributed by atoms with Crippen molar-refractivity contribution in [3.8, 4) is 0 Å².